The summed E-state index contributed by atoms with van der Waals surface area (Å²) in [7, 11) is 0. The van der Waals surface area contributed by atoms with Crippen LogP contribution in [0.15, 0.2) is 23.3 Å². The first-order valence-electron chi connectivity index (χ1n) is 15.9. The molecule has 0 aliphatic heterocycles. The van der Waals surface area contributed by atoms with Gasteiger partial charge < -0.3 is 20.1 Å². The van der Waals surface area contributed by atoms with E-state index in [0.29, 0.717) is 24.7 Å². The Morgan fingerprint density at radius 1 is 0.950 bits per heavy atom. The molecule has 0 saturated heterocycles. The summed E-state index contributed by atoms with van der Waals surface area (Å²) in [6, 6.07) is 0. The Labute approximate surface area is 242 Å². The summed E-state index contributed by atoms with van der Waals surface area (Å²) in [5.74, 6) is 0.493. The van der Waals surface area contributed by atoms with Gasteiger partial charge in [0, 0.05) is 6.08 Å². The van der Waals surface area contributed by atoms with Gasteiger partial charge in [0.2, 0.25) is 0 Å². The van der Waals surface area contributed by atoms with Crippen LogP contribution in [0, 0.1) is 50.2 Å². The molecular formula is C35H56O5. The molecule has 5 nitrogen and oxygen atoms in total. The van der Waals surface area contributed by atoms with Crippen molar-refractivity contribution >= 4 is 5.97 Å². The second kappa shape index (κ2) is 9.41. The molecule has 0 heterocycles. The number of rotatable bonds is 3. The van der Waals surface area contributed by atoms with Crippen LogP contribution in [0.3, 0.4) is 0 Å². The molecule has 226 valence electrons. The highest BCUT2D eigenvalue weighted by molar-refractivity contribution is 5.82. The van der Waals surface area contributed by atoms with E-state index in [0.717, 1.165) is 44.1 Å². The highest BCUT2D eigenvalue weighted by Gasteiger charge is 2.71. The minimum Gasteiger partial charge on any atom is -0.458 e. The van der Waals surface area contributed by atoms with Crippen LogP contribution in [0.4, 0.5) is 0 Å². The Balaban J connectivity index is 1.65. The van der Waals surface area contributed by atoms with E-state index >= 15 is 0 Å². The van der Waals surface area contributed by atoms with Crippen molar-refractivity contribution < 1.29 is 24.9 Å². The van der Waals surface area contributed by atoms with Crippen molar-refractivity contribution in [3.8, 4) is 0 Å². The number of aliphatic hydroxyl groups is 3. The van der Waals surface area contributed by atoms with E-state index in [9.17, 15) is 20.1 Å². The fourth-order valence-electron chi connectivity index (χ4n) is 11.5. The smallest absolute Gasteiger partial charge is 0.330 e. The maximum atomic E-state index is 13.2. The normalized spacial score (nSPS) is 48.9. The average Bonchev–Trinajstić information content (AvgIpc) is 2.81. The number of allylic oxidation sites excluding steroid dienone is 3. The van der Waals surface area contributed by atoms with Gasteiger partial charge in [-0.15, -0.1) is 0 Å². The minimum absolute atomic E-state index is 0.0178. The van der Waals surface area contributed by atoms with Gasteiger partial charge in [-0.1, -0.05) is 65.7 Å². The lowest BCUT2D eigenvalue weighted by Crippen LogP contribution is -2.69. The molecule has 0 aromatic rings. The molecule has 10 unspecified atom stereocenters. The molecule has 4 saturated carbocycles. The largest absolute Gasteiger partial charge is 0.458 e. The molecule has 0 amide bonds. The molecule has 4 fully saturated rings. The monoisotopic (exact) mass is 556 g/mol. The quantitative estimate of drug-likeness (QED) is 0.207. The summed E-state index contributed by atoms with van der Waals surface area (Å²) in [5.41, 5.74) is 1.05. The lowest BCUT2D eigenvalue weighted by molar-refractivity contribution is -0.240. The van der Waals surface area contributed by atoms with E-state index in [-0.39, 0.29) is 51.7 Å². The van der Waals surface area contributed by atoms with Gasteiger partial charge in [-0.05, 0) is 110 Å². The molecule has 0 radical (unpaired) electrons. The van der Waals surface area contributed by atoms with Crippen molar-refractivity contribution in [2.45, 2.75) is 132 Å². The van der Waals surface area contributed by atoms with Crippen LogP contribution in [0.1, 0.15) is 114 Å². The SMILES string of the molecule is CC(C)=CC(=O)OC1CC2(C)C(=CCC3C4(C)CCC(O)C(C)(C)C4CCC32C)C2CC(C)(C)CC(O)C12CO. The molecule has 5 rings (SSSR count). The molecule has 3 N–H and O–H groups in total. The molecule has 0 spiro atoms. The molecule has 0 aromatic heterocycles. The topological polar surface area (TPSA) is 87.0 Å². The predicted octanol–water partition coefficient (Wildman–Crippen LogP) is 6.60. The predicted molar refractivity (Wildman–Crippen MR) is 158 cm³/mol. The third-order valence-electron chi connectivity index (χ3n) is 13.8. The molecule has 0 bridgehead atoms. The van der Waals surface area contributed by atoms with Crippen LogP contribution in [-0.4, -0.2) is 46.2 Å². The van der Waals surface area contributed by atoms with Gasteiger partial charge in [-0.2, -0.15) is 0 Å². The van der Waals surface area contributed by atoms with Crippen molar-refractivity contribution in [1.29, 1.82) is 0 Å². The van der Waals surface area contributed by atoms with Crippen molar-refractivity contribution in [2.24, 2.45) is 50.2 Å². The third-order valence-corrected chi connectivity index (χ3v) is 13.8. The van der Waals surface area contributed by atoms with Gasteiger partial charge in [0.1, 0.15) is 6.10 Å². The summed E-state index contributed by atoms with van der Waals surface area (Å²) < 4.78 is 6.33. The summed E-state index contributed by atoms with van der Waals surface area (Å²) in [5, 5.41) is 33.9. The van der Waals surface area contributed by atoms with Crippen molar-refractivity contribution in [3.05, 3.63) is 23.3 Å². The second-order valence-corrected chi connectivity index (χ2v) is 16.9. The first-order chi connectivity index (χ1) is 18.4. The van der Waals surface area contributed by atoms with Gasteiger partial charge in [0.15, 0.2) is 0 Å². The van der Waals surface area contributed by atoms with Crippen LogP contribution in [0.5, 0.6) is 0 Å². The summed E-state index contributed by atoms with van der Waals surface area (Å²) in [4.78, 5) is 13.2. The Kier molecular flexibility index (Phi) is 7.13. The molecule has 5 aliphatic rings. The lowest BCUT2D eigenvalue weighted by Gasteiger charge is -2.72. The zero-order chi connectivity index (χ0) is 29.7. The minimum atomic E-state index is -0.896. The van der Waals surface area contributed by atoms with Crippen LogP contribution >= 0.6 is 0 Å². The maximum absolute atomic E-state index is 13.2. The molecule has 5 heteroatoms. The first kappa shape index (κ1) is 30.3. The molecule has 10 atom stereocenters. The van der Waals surface area contributed by atoms with Crippen molar-refractivity contribution in [2.75, 3.05) is 6.61 Å². The van der Waals surface area contributed by atoms with Gasteiger partial charge in [-0.3, -0.25) is 0 Å². The molecule has 40 heavy (non-hydrogen) atoms. The molecule has 5 aliphatic carbocycles. The zero-order valence-corrected chi connectivity index (χ0v) is 26.6. The molecule has 0 aromatic carbocycles. The highest BCUT2D eigenvalue weighted by atomic mass is 16.5. The number of carbonyl (C=O) groups is 1. The average molecular weight is 557 g/mol. The van der Waals surface area contributed by atoms with Gasteiger partial charge in [0.25, 0.3) is 0 Å². The van der Waals surface area contributed by atoms with E-state index in [1.807, 2.05) is 13.8 Å². The number of ether oxygens (including phenoxy) is 1. The Morgan fingerprint density at radius 3 is 2.25 bits per heavy atom. The van der Waals surface area contributed by atoms with Crippen LogP contribution < -0.4 is 0 Å². The van der Waals surface area contributed by atoms with E-state index in [4.69, 9.17) is 4.74 Å². The zero-order valence-electron chi connectivity index (χ0n) is 26.6. The number of aliphatic hydroxyl groups excluding tert-OH is 3. The van der Waals surface area contributed by atoms with Crippen LogP contribution in [0.25, 0.3) is 0 Å². The van der Waals surface area contributed by atoms with Gasteiger partial charge in [-0.25, -0.2) is 4.79 Å². The Bertz CT molecular complexity index is 1100. The maximum Gasteiger partial charge on any atom is 0.330 e. The standard InChI is InChI=1S/C35H56O5/c1-21(2)16-29(39)40-28-19-34(9)22(23-17-30(3,4)18-27(38)35(23,28)20-36)10-11-25-32(7)14-13-26(37)31(5,6)24(32)12-15-33(25,34)8/h10,16,23-28,36-38H,11-15,17-20H2,1-9H3. The Morgan fingerprint density at radius 2 is 1.62 bits per heavy atom. The number of esters is 1. The van der Waals surface area contributed by atoms with E-state index in [1.165, 1.54) is 5.57 Å². The van der Waals surface area contributed by atoms with Gasteiger partial charge >= 0.3 is 5.97 Å². The molecular weight excluding hydrogens is 500 g/mol. The fourth-order valence-corrected chi connectivity index (χ4v) is 11.5. The number of hydrogen-bond donors (Lipinski definition) is 3. The second-order valence-electron chi connectivity index (χ2n) is 16.9. The number of fused-ring (bicyclic) bond motifs is 7. The van der Waals surface area contributed by atoms with Crippen molar-refractivity contribution in [1.82, 2.24) is 0 Å². The van der Waals surface area contributed by atoms with E-state index < -0.39 is 17.6 Å². The summed E-state index contributed by atoms with van der Waals surface area (Å²) >= 11 is 0. The lowest BCUT2D eigenvalue weighted by atomic mass is 9.33. The Hall–Kier alpha value is -1.17. The van der Waals surface area contributed by atoms with Gasteiger partial charge in [0.05, 0.1) is 24.2 Å². The number of hydrogen-bond acceptors (Lipinski definition) is 5. The summed E-state index contributed by atoms with van der Waals surface area (Å²) in [6.45, 7) is 20.0. The fraction of sp³-hybridized carbons (Fsp3) is 0.857. The highest BCUT2D eigenvalue weighted by Crippen LogP contribution is 2.75. The third kappa shape index (κ3) is 3.99. The van der Waals surface area contributed by atoms with Crippen molar-refractivity contribution in [3.63, 3.8) is 0 Å². The van der Waals surface area contributed by atoms with Crippen LogP contribution in [-0.2, 0) is 9.53 Å². The van der Waals surface area contributed by atoms with E-state index in [1.54, 1.807) is 6.08 Å². The first-order valence-corrected chi connectivity index (χ1v) is 15.9. The summed E-state index contributed by atoms with van der Waals surface area (Å²) in [6.07, 6.45) is 9.57. The van der Waals surface area contributed by atoms with E-state index in [2.05, 4.69) is 54.5 Å². The van der Waals surface area contributed by atoms with Crippen LogP contribution in [0.2, 0.25) is 0 Å². The number of carbonyl (C=O) groups excluding carboxylic acids is 1.